The van der Waals surface area contributed by atoms with E-state index in [2.05, 4.69) is 5.32 Å². The number of carboxylic acid groups (broad SMARTS) is 1. The second-order valence-corrected chi connectivity index (χ2v) is 9.76. The van der Waals surface area contributed by atoms with Crippen LogP contribution in [0.5, 0.6) is 5.75 Å². The third-order valence-electron chi connectivity index (χ3n) is 6.09. The standard InChI is InChI=1S/C24H32FN3O5S/c1-5-24(6-2,23(32)28-19(13(3)4)21(29)30)12-15-8-10-18(34-15)22(31)33-17-9-7-14(20(26)27)11-16(17)25/h7-11,13,19,23,28,32H,5-6,12H2,1-4H3,(H3,26,27)(H,29,30)/t19-,23?/m0/s1. The van der Waals surface area contributed by atoms with E-state index in [1.165, 1.54) is 23.5 Å². The minimum atomic E-state index is -1.07. The number of hydrogen-bond donors (Lipinski definition) is 5. The van der Waals surface area contributed by atoms with Crippen LogP contribution >= 0.6 is 11.3 Å². The minimum Gasteiger partial charge on any atom is -0.480 e. The summed E-state index contributed by atoms with van der Waals surface area (Å²) in [6.45, 7) is 7.39. The molecule has 1 aromatic heterocycles. The molecule has 0 aliphatic heterocycles. The first-order chi connectivity index (χ1) is 15.9. The van der Waals surface area contributed by atoms with Crippen molar-refractivity contribution in [3.05, 3.63) is 51.5 Å². The van der Waals surface area contributed by atoms with Gasteiger partial charge in [0.05, 0.1) is 0 Å². The number of hydrogen-bond acceptors (Lipinski definition) is 7. The Kier molecular flexibility index (Phi) is 9.31. The summed E-state index contributed by atoms with van der Waals surface area (Å²) in [5, 5.41) is 30.6. The number of halogens is 1. The normalized spacial score (nSPS) is 13.5. The average molecular weight is 494 g/mol. The monoisotopic (exact) mass is 493 g/mol. The third-order valence-corrected chi connectivity index (χ3v) is 7.16. The number of thiophene rings is 1. The van der Waals surface area contributed by atoms with Gasteiger partial charge in [-0.05, 0) is 55.5 Å². The molecule has 0 radical (unpaired) electrons. The van der Waals surface area contributed by atoms with Gasteiger partial charge in [-0.3, -0.25) is 15.5 Å². The van der Waals surface area contributed by atoms with Gasteiger partial charge in [-0.25, -0.2) is 9.18 Å². The number of aliphatic hydroxyl groups is 1. The number of nitrogen functional groups attached to an aromatic ring is 1. The summed E-state index contributed by atoms with van der Waals surface area (Å²) in [4.78, 5) is 25.2. The molecule has 2 atom stereocenters. The number of amidine groups is 1. The van der Waals surface area contributed by atoms with Crippen LogP contribution in [0.3, 0.4) is 0 Å². The number of rotatable bonds is 12. The van der Waals surface area contributed by atoms with E-state index in [4.69, 9.17) is 15.9 Å². The zero-order valence-corrected chi connectivity index (χ0v) is 20.5. The number of nitrogens with one attached hydrogen (secondary N) is 2. The average Bonchev–Trinajstić information content (AvgIpc) is 3.24. The van der Waals surface area contributed by atoms with E-state index in [0.29, 0.717) is 19.3 Å². The van der Waals surface area contributed by atoms with E-state index in [0.717, 1.165) is 10.9 Å². The first kappa shape index (κ1) is 27.4. The van der Waals surface area contributed by atoms with Crippen molar-refractivity contribution in [2.24, 2.45) is 17.1 Å². The van der Waals surface area contributed by atoms with Crippen molar-refractivity contribution in [1.82, 2.24) is 5.32 Å². The second kappa shape index (κ2) is 11.5. The fourth-order valence-electron chi connectivity index (χ4n) is 3.71. The number of aliphatic carboxylic acids is 1. The zero-order valence-electron chi connectivity index (χ0n) is 19.7. The van der Waals surface area contributed by atoms with Crippen LogP contribution in [0.25, 0.3) is 0 Å². The van der Waals surface area contributed by atoms with Gasteiger partial charge in [0, 0.05) is 15.9 Å². The van der Waals surface area contributed by atoms with Crippen LogP contribution in [0.1, 0.15) is 60.6 Å². The van der Waals surface area contributed by atoms with Crippen molar-refractivity contribution in [3.8, 4) is 5.75 Å². The van der Waals surface area contributed by atoms with Crippen LogP contribution in [0.4, 0.5) is 4.39 Å². The highest BCUT2D eigenvalue weighted by Crippen LogP contribution is 2.36. The van der Waals surface area contributed by atoms with Crippen molar-refractivity contribution in [3.63, 3.8) is 0 Å². The minimum absolute atomic E-state index is 0.181. The molecule has 186 valence electrons. The third kappa shape index (κ3) is 6.40. The predicted molar refractivity (Wildman–Crippen MR) is 129 cm³/mol. The molecule has 0 amide bonds. The van der Waals surface area contributed by atoms with E-state index in [-0.39, 0.29) is 27.9 Å². The van der Waals surface area contributed by atoms with Crippen LogP contribution in [0.15, 0.2) is 30.3 Å². The highest BCUT2D eigenvalue weighted by molar-refractivity contribution is 7.13. The number of nitrogens with two attached hydrogens (primary N) is 1. The second-order valence-electron chi connectivity index (χ2n) is 8.59. The summed E-state index contributed by atoms with van der Waals surface area (Å²) in [7, 11) is 0. The zero-order chi connectivity index (χ0) is 25.6. The topological polar surface area (TPSA) is 146 Å². The highest BCUT2D eigenvalue weighted by Gasteiger charge is 2.38. The maximum absolute atomic E-state index is 14.2. The quantitative estimate of drug-likeness (QED) is 0.0995. The molecule has 8 nitrogen and oxygen atoms in total. The van der Waals surface area contributed by atoms with Crippen LogP contribution in [0.2, 0.25) is 0 Å². The Morgan fingerprint density at radius 2 is 1.88 bits per heavy atom. The predicted octanol–water partition coefficient (Wildman–Crippen LogP) is 3.76. The Morgan fingerprint density at radius 3 is 2.38 bits per heavy atom. The smallest absolute Gasteiger partial charge is 0.353 e. The highest BCUT2D eigenvalue weighted by atomic mass is 32.1. The van der Waals surface area contributed by atoms with Gasteiger partial charge >= 0.3 is 11.9 Å². The number of ether oxygens (including phenoxy) is 1. The molecule has 6 N–H and O–H groups in total. The lowest BCUT2D eigenvalue weighted by atomic mass is 9.76. The van der Waals surface area contributed by atoms with Crippen LogP contribution < -0.4 is 15.8 Å². The van der Waals surface area contributed by atoms with E-state index < -0.39 is 35.4 Å². The molecular formula is C24H32FN3O5S. The van der Waals surface area contributed by atoms with Gasteiger partial charge in [-0.15, -0.1) is 11.3 Å². The number of benzene rings is 1. The summed E-state index contributed by atoms with van der Waals surface area (Å²) in [6.07, 6.45) is 0.497. The Labute approximate surface area is 202 Å². The van der Waals surface area contributed by atoms with E-state index in [9.17, 15) is 24.2 Å². The maximum Gasteiger partial charge on any atom is 0.353 e. The Morgan fingerprint density at radius 1 is 1.24 bits per heavy atom. The summed E-state index contributed by atoms with van der Waals surface area (Å²) in [5.41, 5.74) is 4.87. The first-order valence-electron chi connectivity index (χ1n) is 11.1. The molecule has 0 saturated heterocycles. The van der Waals surface area contributed by atoms with Crippen molar-refractivity contribution < 1.29 is 28.9 Å². The van der Waals surface area contributed by atoms with Gasteiger partial charge in [-0.1, -0.05) is 27.7 Å². The number of carboxylic acids is 1. The Bertz CT molecular complexity index is 1040. The summed E-state index contributed by atoms with van der Waals surface area (Å²) in [5.74, 6) is -3.34. The lowest BCUT2D eigenvalue weighted by Gasteiger charge is -2.38. The molecule has 0 saturated carbocycles. The molecule has 0 aliphatic carbocycles. The molecule has 0 fully saturated rings. The molecule has 1 aromatic carbocycles. The van der Waals surface area contributed by atoms with Crippen molar-refractivity contribution in [2.75, 3.05) is 0 Å². The number of esters is 1. The molecule has 1 heterocycles. The lowest BCUT2D eigenvalue weighted by molar-refractivity contribution is -0.143. The Balaban J connectivity index is 2.17. The van der Waals surface area contributed by atoms with Crippen molar-refractivity contribution in [2.45, 2.75) is 59.2 Å². The van der Waals surface area contributed by atoms with E-state index >= 15 is 0 Å². The summed E-state index contributed by atoms with van der Waals surface area (Å²) < 4.78 is 19.4. The number of aliphatic hydroxyl groups excluding tert-OH is 1. The molecule has 2 aromatic rings. The SMILES string of the molecule is CCC(CC)(Cc1ccc(C(=O)Oc2ccc(C(=N)N)cc2F)s1)C(O)N[C@H](C(=O)O)C(C)C. The van der Waals surface area contributed by atoms with Gasteiger partial charge in [0.1, 0.15) is 23.0 Å². The molecule has 1 unspecified atom stereocenters. The van der Waals surface area contributed by atoms with Crippen LogP contribution in [-0.4, -0.2) is 40.3 Å². The van der Waals surface area contributed by atoms with Crippen LogP contribution in [-0.2, 0) is 11.2 Å². The molecule has 10 heteroatoms. The van der Waals surface area contributed by atoms with Gasteiger partial charge in [0.2, 0.25) is 0 Å². The molecular weight excluding hydrogens is 461 g/mol. The Hall–Kier alpha value is -2.82. The molecule has 2 rings (SSSR count). The van der Waals surface area contributed by atoms with E-state index in [1.54, 1.807) is 26.0 Å². The van der Waals surface area contributed by atoms with Gasteiger partial charge in [0.15, 0.2) is 11.6 Å². The molecule has 0 bridgehead atoms. The first-order valence-corrected chi connectivity index (χ1v) is 11.9. The molecule has 34 heavy (non-hydrogen) atoms. The van der Waals surface area contributed by atoms with Crippen molar-refractivity contribution >= 4 is 29.1 Å². The maximum atomic E-state index is 14.2. The fourth-order valence-corrected chi connectivity index (χ4v) is 4.75. The van der Waals surface area contributed by atoms with Gasteiger partial charge < -0.3 is 20.7 Å². The number of carbonyl (C=O) groups excluding carboxylic acids is 1. The lowest BCUT2D eigenvalue weighted by Crippen LogP contribution is -2.54. The van der Waals surface area contributed by atoms with Gasteiger partial charge in [0.25, 0.3) is 0 Å². The van der Waals surface area contributed by atoms with Crippen LogP contribution in [0, 0.1) is 22.6 Å². The number of carbonyl (C=O) groups is 2. The summed E-state index contributed by atoms with van der Waals surface area (Å²) >= 11 is 1.17. The van der Waals surface area contributed by atoms with Crippen molar-refractivity contribution in [1.29, 1.82) is 5.41 Å². The largest absolute Gasteiger partial charge is 0.480 e. The fraction of sp³-hybridized carbons (Fsp3) is 0.458. The summed E-state index contributed by atoms with van der Waals surface area (Å²) in [6, 6.07) is 6.09. The molecule has 0 spiro atoms. The molecule has 0 aliphatic rings. The van der Waals surface area contributed by atoms with E-state index in [1.807, 2.05) is 13.8 Å². The van der Waals surface area contributed by atoms with Gasteiger partial charge in [-0.2, -0.15) is 0 Å².